The molecule has 0 aromatic carbocycles. The molecule has 3 aliphatic rings. The van der Waals surface area contributed by atoms with Crippen LogP contribution in [0.4, 0.5) is 0 Å². The van der Waals surface area contributed by atoms with E-state index in [2.05, 4.69) is 12.2 Å². The monoisotopic (exact) mass is 193 g/mol. The molecule has 1 nitrogen and oxygen atoms in total. The van der Waals surface area contributed by atoms with Crippen molar-refractivity contribution in [1.29, 1.82) is 0 Å². The molecule has 1 N–H and O–H groups in total. The van der Waals surface area contributed by atoms with Crippen molar-refractivity contribution in [3.05, 3.63) is 0 Å². The predicted molar refractivity (Wildman–Crippen MR) is 59.1 cm³/mol. The first-order chi connectivity index (χ1) is 6.90. The SMILES string of the molecule is CCNC(CC1CC1)C1C2CCCC21. The van der Waals surface area contributed by atoms with Gasteiger partial charge in [-0.3, -0.25) is 0 Å². The first-order valence-electron chi connectivity index (χ1n) is 6.63. The quantitative estimate of drug-likeness (QED) is 0.708. The maximum Gasteiger partial charge on any atom is 0.0103 e. The number of fused-ring (bicyclic) bond motifs is 1. The van der Waals surface area contributed by atoms with Crippen LogP contribution in [-0.4, -0.2) is 12.6 Å². The Labute approximate surface area is 87.7 Å². The van der Waals surface area contributed by atoms with Gasteiger partial charge in [-0.05, 0) is 49.5 Å². The fourth-order valence-electron chi connectivity index (χ4n) is 3.83. The van der Waals surface area contributed by atoms with E-state index in [1.54, 1.807) is 12.8 Å². The fraction of sp³-hybridized carbons (Fsp3) is 1.00. The third kappa shape index (κ3) is 1.60. The van der Waals surface area contributed by atoms with Crippen LogP contribution in [-0.2, 0) is 0 Å². The highest BCUT2D eigenvalue weighted by Gasteiger charge is 2.55. The molecule has 0 aromatic heterocycles. The Morgan fingerprint density at radius 3 is 2.43 bits per heavy atom. The summed E-state index contributed by atoms with van der Waals surface area (Å²) >= 11 is 0. The molecular weight excluding hydrogens is 170 g/mol. The minimum atomic E-state index is 0.891. The number of hydrogen-bond donors (Lipinski definition) is 1. The first kappa shape index (κ1) is 9.21. The summed E-state index contributed by atoms with van der Waals surface area (Å²) in [5.74, 6) is 4.46. The number of rotatable bonds is 5. The van der Waals surface area contributed by atoms with Crippen molar-refractivity contribution in [3.8, 4) is 0 Å². The third-order valence-electron chi connectivity index (χ3n) is 4.69. The largest absolute Gasteiger partial charge is 0.314 e. The summed E-state index contributed by atoms with van der Waals surface area (Å²) in [5, 5.41) is 3.74. The summed E-state index contributed by atoms with van der Waals surface area (Å²) in [6.07, 6.45) is 9.14. The van der Waals surface area contributed by atoms with E-state index in [0.29, 0.717) is 0 Å². The van der Waals surface area contributed by atoms with Gasteiger partial charge in [-0.2, -0.15) is 0 Å². The first-order valence-corrected chi connectivity index (χ1v) is 6.63. The highest BCUT2D eigenvalue weighted by molar-refractivity contribution is 5.06. The van der Waals surface area contributed by atoms with E-state index in [9.17, 15) is 0 Å². The maximum absolute atomic E-state index is 3.74. The van der Waals surface area contributed by atoms with Crippen LogP contribution >= 0.6 is 0 Å². The Morgan fingerprint density at radius 1 is 1.14 bits per heavy atom. The minimum Gasteiger partial charge on any atom is -0.314 e. The molecule has 0 heterocycles. The Hall–Kier alpha value is -0.0400. The molecule has 0 spiro atoms. The Kier molecular flexibility index (Phi) is 2.31. The van der Waals surface area contributed by atoms with Crippen LogP contribution in [0.15, 0.2) is 0 Å². The van der Waals surface area contributed by atoms with Crippen molar-refractivity contribution < 1.29 is 0 Å². The van der Waals surface area contributed by atoms with Gasteiger partial charge in [-0.1, -0.05) is 26.2 Å². The summed E-state index contributed by atoms with van der Waals surface area (Å²) in [7, 11) is 0. The molecule has 14 heavy (non-hydrogen) atoms. The Balaban J connectivity index is 1.55. The average Bonchev–Trinajstić information content (AvgIpc) is 3.07. The lowest BCUT2D eigenvalue weighted by Gasteiger charge is -2.19. The summed E-state index contributed by atoms with van der Waals surface area (Å²) in [5.41, 5.74) is 0. The van der Waals surface area contributed by atoms with Crippen LogP contribution < -0.4 is 5.32 Å². The second-order valence-electron chi connectivity index (χ2n) is 5.68. The second-order valence-corrected chi connectivity index (χ2v) is 5.68. The third-order valence-corrected chi connectivity index (χ3v) is 4.69. The van der Waals surface area contributed by atoms with Crippen molar-refractivity contribution >= 4 is 0 Å². The molecule has 3 aliphatic carbocycles. The highest BCUT2D eigenvalue weighted by Crippen LogP contribution is 2.60. The normalized spacial score (nSPS) is 42.2. The van der Waals surface area contributed by atoms with Gasteiger partial charge in [0.25, 0.3) is 0 Å². The zero-order valence-electron chi connectivity index (χ0n) is 9.34. The average molecular weight is 193 g/mol. The van der Waals surface area contributed by atoms with Gasteiger partial charge in [0.1, 0.15) is 0 Å². The van der Waals surface area contributed by atoms with Gasteiger partial charge in [-0.15, -0.1) is 0 Å². The van der Waals surface area contributed by atoms with Gasteiger partial charge in [0.2, 0.25) is 0 Å². The van der Waals surface area contributed by atoms with E-state index >= 15 is 0 Å². The van der Waals surface area contributed by atoms with E-state index in [-0.39, 0.29) is 0 Å². The lowest BCUT2D eigenvalue weighted by atomic mass is 9.99. The summed E-state index contributed by atoms with van der Waals surface area (Å²) in [4.78, 5) is 0. The molecule has 0 amide bonds. The molecule has 3 fully saturated rings. The predicted octanol–water partition coefficient (Wildman–Crippen LogP) is 2.81. The molecule has 3 rings (SSSR count). The van der Waals surface area contributed by atoms with Crippen LogP contribution in [0, 0.1) is 23.7 Å². The van der Waals surface area contributed by atoms with Crippen molar-refractivity contribution in [1.82, 2.24) is 5.32 Å². The minimum absolute atomic E-state index is 0.891. The fourth-order valence-corrected chi connectivity index (χ4v) is 3.83. The highest BCUT2D eigenvalue weighted by atomic mass is 14.9. The lowest BCUT2D eigenvalue weighted by Crippen LogP contribution is -2.33. The van der Waals surface area contributed by atoms with Crippen molar-refractivity contribution in [2.45, 2.75) is 51.5 Å². The van der Waals surface area contributed by atoms with Gasteiger partial charge in [-0.25, -0.2) is 0 Å². The van der Waals surface area contributed by atoms with Crippen LogP contribution in [0.5, 0.6) is 0 Å². The summed E-state index contributed by atoms with van der Waals surface area (Å²) in [6.45, 7) is 3.44. The van der Waals surface area contributed by atoms with E-state index in [1.165, 1.54) is 32.2 Å². The lowest BCUT2D eigenvalue weighted by molar-refractivity contribution is 0.377. The van der Waals surface area contributed by atoms with Crippen molar-refractivity contribution in [2.75, 3.05) is 6.54 Å². The summed E-state index contributed by atoms with van der Waals surface area (Å²) < 4.78 is 0. The molecule has 1 heteroatoms. The van der Waals surface area contributed by atoms with Gasteiger partial charge >= 0.3 is 0 Å². The molecule has 0 aliphatic heterocycles. The Morgan fingerprint density at radius 2 is 1.86 bits per heavy atom. The van der Waals surface area contributed by atoms with Crippen molar-refractivity contribution in [3.63, 3.8) is 0 Å². The molecule has 3 saturated carbocycles. The van der Waals surface area contributed by atoms with Crippen molar-refractivity contribution in [2.24, 2.45) is 23.7 Å². The zero-order chi connectivity index (χ0) is 9.54. The molecular formula is C13H23N. The van der Waals surface area contributed by atoms with Gasteiger partial charge < -0.3 is 5.32 Å². The second kappa shape index (κ2) is 3.52. The maximum atomic E-state index is 3.74. The Bertz CT molecular complexity index is 199. The topological polar surface area (TPSA) is 12.0 Å². The van der Waals surface area contributed by atoms with E-state index in [4.69, 9.17) is 0 Å². The zero-order valence-corrected chi connectivity index (χ0v) is 9.34. The van der Waals surface area contributed by atoms with Crippen LogP contribution in [0.25, 0.3) is 0 Å². The summed E-state index contributed by atoms with van der Waals surface area (Å²) in [6, 6.07) is 0.891. The van der Waals surface area contributed by atoms with Crippen LogP contribution in [0.3, 0.4) is 0 Å². The molecule has 3 unspecified atom stereocenters. The smallest absolute Gasteiger partial charge is 0.0103 e. The molecule has 3 atom stereocenters. The number of nitrogens with one attached hydrogen (secondary N) is 1. The van der Waals surface area contributed by atoms with Crippen LogP contribution in [0.1, 0.15) is 45.4 Å². The van der Waals surface area contributed by atoms with Gasteiger partial charge in [0.15, 0.2) is 0 Å². The molecule has 0 radical (unpaired) electrons. The van der Waals surface area contributed by atoms with E-state index in [0.717, 1.165) is 29.7 Å². The molecule has 0 saturated heterocycles. The van der Waals surface area contributed by atoms with E-state index in [1.807, 2.05) is 0 Å². The number of hydrogen-bond acceptors (Lipinski definition) is 1. The standard InChI is InChI=1S/C13H23N/c1-2-14-12(8-9-6-7-9)13-10-4-3-5-11(10)13/h9-14H,2-8H2,1H3. The van der Waals surface area contributed by atoms with Crippen LogP contribution in [0.2, 0.25) is 0 Å². The van der Waals surface area contributed by atoms with Gasteiger partial charge in [0, 0.05) is 6.04 Å². The van der Waals surface area contributed by atoms with Gasteiger partial charge in [0.05, 0.1) is 0 Å². The molecule has 80 valence electrons. The molecule has 0 bridgehead atoms. The molecule has 0 aromatic rings. The van der Waals surface area contributed by atoms with E-state index < -0.39 is 0 Å².